The van der Waals surface area contributed by atoms with Gasteiger partial charge in [-0.2, -0.15) is 0 Å². The van der Waals surface area contributed by atoms with Crippen LogP contribution in [0.3, 0.4) is 0 Å². The second kappa shape index (κ2) is 5.44. The molecular weight excluding hydrogens is 268 g/mol. The number of para-hydroxylation sites is 1. The molecule has 108 valence electrons. The number of furan rings is 1. The van der Waals surface area contributed by atoms with Crippen molar-refractivity contribution in [3.05, 3.63) is 53.7 Å². The minimum absolute atomic E-state index is 0.246. The molecule has 5 nitrogen and oxygen atoms in total. The van der Waals surface area contributed by atoms with Crippen molar-refractivity contribution in [2.24, 2.45) is 0 Å². The summed E-state index contributed by atoms with van der Waals surface area (Å²) in [5, 5.41) is 9.31. The summed E-state index contributed by atoms with van der Waals surface area (Å²) in [4.78, 5) is 15.9. The standard InChI is InChI=1S/C16H16N2O3/c1-2-4-14-17-15-12(16(19)20)5-3-6-13(15)18(14)9-11-7-8-21-10-11/h3,5-8,10H,2,4,9H2,1H3,(H,19,20). The summed E-state index contributed by atoms with van der Waals surface area (Å²) < 4.78 is 7.17. The molecule has 0 saturated carbocycles. The Kier molecular flexibility index (Phi) is 3.48. The Balaban J connectivity index is 2.17. The topological polar surface area (TPSA) is 68.3 Å². The average molecular weight is 284 g/mol. The Morgan fingerprint density at radius 2 is 2.24 bits per heavy atom. The van der Waals surface area contributed by atoms with Crippen molar-refractivity contribution in [3.63, 3.8) is 0 Å². The number of aromatic carboxylic acids is 1. The van der Waals surface area contributed by atoms with Gasteiger partial charge in [0.15, 0.2) is 0 Å². The molecule has 2 aromatic heterocycles. The van der Waals surface area contributed by atoms with E-state index in [1.165, 1.54) is 0 Å². The first-order chi connectivity index (χ1) is 10.2. The first-order valence-electron chi connectivity index (χ1n) is 6.93. The maximum Gasteiger partial charge on any atom is 0.337 e. The fraction of sp³-hybridized carbons (Fsp3) is 0.250. The molecule has 1 aromatic carbocycles. The zero-order valence-corrected chi connectivity index (χ0v) is 11.7. The van der Waals surface area contributed by atoms with Crippen molar-refractivity contribution in [2.75, 3.05) is 0 Å². The highest BCUT2D eigenvalue weighted by molar-refractivity contribution is 6.01. The number of carboxylic acids is 1. The normalized spacial score (nSPS) is 11.1. The Morgan fingerprint density at radius 3 is 2.90 bits per heavy atom. The van der Waals surface area contributed by atoms with Crippen LogP contribution in [-0.4, -0.2) is 20.6 Å². The van der Waals surface area contributed by atoms with Gasteiger partial charge in [0.05, 0.1) is 30.2 Å². The number of hydrogen-bond acceptors (Lipinski definition) is 3. The number of aromatic nitrogens is 2. The third-order valence-electron chi connectivity index (χ3n) is 3.48. The molecule has 21 heavy (non-hydrogen) atoms. The second-order valence-electron chi connectivity index (χ2n) is 4.97. The van der Waals surface area contributed by atoms with Gasteiger partial charge in [-0.25, -0.2) is 9.78 Å². The van der Waals surface area contributed by atoms with Crippen molar-refractivity contribution in [2.45, 2.75) is 26.3 Å². The largest absolute Gasteiger partial charge is 0.478 e. The highest BCUT2D eigenvalue weighted by Crippen LogP contribution is 2.22. The van der Waals surface area contributed by atoms with Crippen LogP contribution in [-0.2, 0) is 13.0 Å². The van der Waals surface area contributed by atoms with Crippen LogP contribution in [0.1, 0.15) is 35.1 Å². The molecule has 0 aliphatic carbocycles. The molecule has 0 aliphatic heterocycles. The van der Waals surface area contributed by atoms with Gasteiger partial charge in [0.2, 0.25) is 0 Å². The second-order valence-corrected chi connectivity index (χ2v) is 4.97. The van der Waals surface area contributed by atoms with Gasteiger partial charge in [-0.05, 0) is 24.6 Å². The third-order valence-corrected chi connectivity index (χ3v) is 3.48. The Morgan fingerprint density at radius 1 is 1.38 bits per heavy atom. The number of nitrogens with zero attached hydrogens (tertiary/aromatic N) is 2. The number of imidazole rings is 1. The predicted molar refractivity (Wildman–Crippen MR) is 78.5 cm³/mol. The van der Waals surface area contributed by atoms with Crippen LogP contribution in [0.15, 0.2) is 41.2 Å². The lowest BCUT2D eigenvalue weighted by Crippen LogP contribution is -2.04. The molecule has 0 atom stereocenters. The van der Waals surface area contributed by atoms with E-state index in [2.05, 4.69) is 16.5 Å². The molecule has 1 N–H and O–H groups in total. The summed E-state index contributed by atoms with van der Waals surface area (Å²) in [6.07, 6.45) is 5.10. The van der Waals surface area contributed by atoms with Gasteiger partial charge >= 0.3 is 5.97 Å². The van der Waals surface area contributed by atoms with Crippen LogP contribution in [0.2, 0.25) is 0 Å². The van der Waals surface area contributed by atoms with Gasteiger partial charge in [-0.15, -0.1) is 0 Å². The summed E-state index contributed by atoms with van der Waals surface area (Å²) in [6, 6.07) is 7.17. The maximum absolute atomic E-state index is 11.3. The van der Waals surface area contributed by atoms with Crippen LogP contribution in [0, 0.1) is 0 Å². The first kappa shape index (κ1) is 13.4. The van der Waals surface area contributed by atoms with Crippen LogP contribution in [0.4, 0.5) is 0 Å². The average Bonchev–Trinajstić information content (AvgIpc) is 3.08. The number of benzene rings is 1. The lowest BCUT2D eigenvalue weighted by Gasteiger charge is -2.07. The van der Waals surface area contributed by atoms with Crippen molar-refractivity contribution in [1.29, 1.82) is 0 Å². The number of carbonyl (C=O) groups is 1. The van der Waals surface area contributed by atoms with E-state index in [0.717, 1.165) is 29.7 Å². The molecule has 3 aromatic rings. The molecular formula is C16H16N2O3. The van der Waals surface area contributed by atoms with Crippen molar-refractivity contribution < 1.29 is 14.3 Å². The molecule has 0 spiro atoms. The SMILES string of the molecule is CCCc1nc2c(C(=O)O)cccc2n1Cc1ccoc1. The van der Waals surface area contributed by atoms with Gasteiger partial charge in [0.25, 0.3) is 0 Å². The maximum atomic E-state index is 11.3. The van der Waals surface area contributed by atoms with Crippen LogP contribution < -0.4 is 0 Å². The molecule has 5 heteroatoms. The lowest BCUT2D eigenvalue weighted by molar-refractivity contribution is 0.0699. The van der Waals surface area contributed by atoms with Crippen LogP contribution in [0.25, 0.3) is 11.0 Å². The van der Waals surface area contributed by atoms with Crippen molar-refractivity contribution >= 4 is 17.0 Å². The minimum Gasteiger partial charge on any atom is -0.478 e. The zero-order valence-electron chi connectivity index (χ0n) is 11.7. The highest BCUT2D eigenvalue weighted by Gasteiger charge is 2.16. The molecule has 0 radical (unpaired) electrons. The van der Waals surface area contributed by atoms with Gasteiger partial charge < -0.3 is 14.1 Å². The molecule has 0 amide bonds. The van der Waals surface area contributed by atoms with E-state index in [0.29, 0.717) is 12.1 Å². The molecule has 0 unspecified atom stereocenters. The fourth-order valence-corrected chi connectivity index (χ4v) is 2.52. The number of carboxylic acid groups (broad SMARTS) is 1. The molecule has 0 bridgehead atoms. The van der Waals surface area contributed by atoms with E-state index in [1.54, 1.807) is 24.7 Å². The van der Waals surface area contributed by atoms with E-state index in [9.17, 15) is 9.90 Å². The molecule has 0 aliphatic rings. The minimum atomic E-state index is -0.948. The van der Waals surface area contributed by atoms with E-state index >= 15 is 0 Å². The van der Waals surface area contributed by atoms with Gasteiger partial charge in [0.1, 0.15) is 11.3 Å². The highest BCUT2D eigenvalue weighted by atomic mass is 16.4. The van der Waals surface area contributed by atoms with Crippen molar-refractivity contribution in [3.8, 4) is 0 Å². The van der Waals surface area contributed by atoms with Crippen LogP contribution >= 0.6 is 0 Å². The van der Waals surface area contributed by atoms with Gasteiger partial charge in [-0.1, -0.05) is 13.0 Å². The predicted octanol–water partition coefficient (Wildman–Crippen LogP) is 3.33. The number of rotatable bonds is 5. The Hall–Kier alpha value is -2.56. The lowest BCUT2D eigenvalue weighted by atomic mass is 10.2. The third kappa shape index (κ3) is 2.42. The quantitative estimate of drug-likeness (QED) is 0.780. The fourth-order valence-electron chi connectivity index (χ4n) is 2.52. The summed E-state index contributed by atoms with van der Waals surface area (Å²) in [5.41, 5.74) is 2.68. The van der Waals surface area contributed by atoms with Crippen molar-refractivity contribution in [1.82, 2.24) is 9.55 Å². The molecule has 2 heterocycles. The number of hydrogen-bond donors (Lipinski definition) is 1. The monoisotopic (exact) mass is 284 g/mol. The Bertz CT molecular complexity index is 772. The first-order valence-corrected chi connectivity index (χ1v) is 6.93. The van der Waals surface area contributed by atoms with E-state index in [1.807, 2.05) is 12.1 Å². The van der Waals surface area contributed by atoms with Gasteiger partial charge in [0, 0.05) is 12.0 Å². The Labute approximate surface area is 121 Å². The van der Waals surface area contributed by atoms with E-state index < -0.39 is 5.97 Å². The summed E-state index contributed by atoms with van der Waals surface area (Å²) in [6.45, 7) is 2.71. The summed E-state index contributed by atoms with van der Waals surface area (Å²) in [5.74, 6) is -0.0426. The molecule has 0 fully saturated rings. The van der Waals surface area contributed by atoms with E-state index in [-0.39, 0.29) is 5.56 Å². The number of fused-ring (bicyclic) bond motifs is 1. The van der Waals surface area contributed by atoms with Gasteiger partial charge in [-0.3, -0.25) is 0 Å². The molecule has 0 saturated heterocycles. The summed E-state index contributed by atoms with van der Waals surface area (Å²) in [7, 11) is 0. The number of aryl methyl sites for hydroxylation is 1. The van der Waals surface area contributed by atoms with Crippen LogP contribution in [0.5, 0.6) is 0 Å². The smallest absolute Gasteiger partial charge is 0.337 e. The summed E-state index contributed by atoms with van der Waals surface area (Å²) >= 11 is 0. The molecule has 3 rings (SSSR count). The van der Waals surface area contributed by atoms with E-state index in [4.69, 9.17) is 4.42 Å². The zero-order chi connectivity index (χ0) is 14.8.